The van der Waals surface area contributed by atoms with Crippen molar-refractivity contribution in [2.75, 3.05) is 0 Å². The third kappa shape index (κ3) is 1.77. The zero-order valence-corrected chi connectivity index (χ0v) is 12.6. The third-order valence-corrected chi connectivity index (χ3v) is 4.17. The lowest BCUT2D eigenvalue weighted by Gasteiger charge is -2.10. The quantitative estimate of drug-likeness (QED) is 0.359. The van der Waals surface area contributed by atoms with Gasteiger partial charge in [0.2, 0.25) is 5.43 Å². The van der Waals surface area contributed by atoms with E-state index in [0.29, 0.717) is 32.4 Å². The molecule has 0 saturated carbocycles. The molecule has 1 aliphatic heterocycles. The maximum atomic E-state index is 12.3. The van der Waals surface area contributed by atoms with Crippen LogP contribution in [0.4, 0.5) is 0 Å². The van der Waals surface area contributed by atoms with Gasteiger partial charge >= 0.3 is 0 Å². The molecule has 0 unspecified atom stereocenters. The maximum absolute atomic E-state index is 12.3. The number of pyridine rings is 1. The zero-order chi connectivity index (χ0) is 14.6. The first-order valence-corrected chi connectivity index (χ1v) is 7.22. The Labute approximate surface area is 127 Å². The standard InChI is InChI=1S/C16H9BrN2O2/c1-8-4-5-11-10(7-8)19-14-9-3-2-6-18-13(9)15(20)12(17)16(14)21-11/h2-7H,1H3. The van der Waals surface area contributed by atoms with Crippen molar-refractivity contribution in [1.29, 1.82) is 0 Å². The van der Waals surface area contributed by atoms with Crippen molar-refractivity contribution in [3.05, 3.63) is 56.8 Å². The van der Waals surface area contributed by atoms with Gasteiger partial charge in [-0.1, -0.05) is 6.07 Å². The Morgan fingerprint density at radius 3 is 2.95 bits per heavy atom. The van der Waals surface area contributed by atoms with Crippen LogP contribution in [-0.4, -0.2) is 9.97 Å². The Morgan fingerprint density at radius 2 is 2.10 bits per heavy atom. The van der Waals surface area contributed by atoms with Crippen molar-refractivity contribution in [3.8, 4) is 11.5 Å². The summed E-state index contributed by atoms with van der Waals surface area (Å²) >= 11 is 3.32. The number of nitrogens with zero attached hydrogens (tertiary/aromatic N) is 2. The van der Waals surface area contributed by atoms with Gasteiger partial charge in [0.15, 0.2) is 11.3 Å². The van der Waals surface area contributed by atoms with Gasteiger partial charge in [-0.2, -0.15) is 0 Å². The van der Waals surface area contributed by atoms with Gasteiger partial charge in [-0.05, 0) is 52.7 Å². The van der Waals surface area contributed by atoms with E-state index in [1.807, 2.05) is 31.2 Å². The van der Waals surface area contributed by atoms with Gasteiger partial charge in [-0.15, -0.1) is 0 Å². The van der Waals surface area contributed by atoms with E-state index in [1.54, 1.807) is 12.3 Å². The highest BCUT2D eigenvalue weighted by Crippen LogP contribution is 2.34. The molecule has 0 atom stereocenters. The van der Waals surface area contributed by atoms with E-state index in [4.69, 9.17) is 4.42 Å². The molecule has 1 aliphatic carbocycles. The molecule has 4 rings (SSSR count). The normalized spacial score (nSPS) is 11.5. The van der Waals surface area contributed by atoms with Crippen LogP contribution in [0, 0.1) is 6.92 Å². The Balaban J connectivity index is 2.30. The summed E-state index contributed by atoms with van der Waals surface area (Å²) in [5.41, 5.74) is 3.37. The average molecular weight is 341 g/mol. The van der Waals surface area contributed by atoms with Gasteiger partial charge in [0.1, 0.15) is 21.2 Å². The molecule has 2 heterocycles. The van der Waals surface area contributed by atoms with Crippen molar-refractivity contribution in [2.45, 2.75) is 6.92 Å². The first-order chi connectivity index (χ1) is 10.1. The highest BCUT2D eigenvalue weighted by molar-refractivity contribution is 9.10. The van der Waals surface area contributed by atoms with Crippen LogP contribution in [0.15, 0.2) is 50.2 Å². The van der Waals surface area contributed by atoms with Gasteiger partial charge in [0.05, 0.1) is 0 Å². The summed E-state index contributed by atoms with van der Waals surface area (Å²) in [6, 6.07) is 9.40. The smallest absolute Gasteiger partial charge is 0.222 e. The summed E-state index contributed by atoms with van der Waals surface area (Å²) in [7, 11) is 0. The number of halogens is 1. The summed E-state index contributed by atoms with van der Waals surface area (Å²) in [6.45, 7) is 2.00. The summed E-state index contributed by atoms with van der Waals surface area (Å²) in [4.78, 5) is 21.2. The van der Waals surface area contributed by atoms with E-state index in [1.165, 1.54) is 0 Å². The predicted molar refractivity (Wildman–Crippen MR) is 84.6 cm³/mol. The second-order valence-corrected chi connectivity index (χ2v) is 5.70. The van der Waals surface area contributed by atoms with Crippen molar-refractivity contribution in [3.63, 3.8) is 0 Å². The fraction of sp³-hybridized carbons (Fsp3) is 0.0625. The fourth-order valence-corrected chi connectivity index (χ4v) is 2.90. The zero-order valence-electron chi connectivity index (χ0n) is 11.1. The van der Waals surface area contributed by atoms with Crippen LogP contribution in [0.5, 0.6) is 0 Å². The summed E-state index contributed by atoms with van der Waals surface area (Å²) in [5.74, 6) is 0.455. The van der Waals surface area contributed by atoms with Crippen molar-refractivity contribution >= 4 is 37.9 Å². The number of rotatable bonds is 0. The van der Waals surface area contributed by atoms with Gasteiger partial charge in [-0.3, -0.25) is 9.78 Å². The van der Waals surface area contributed by atoms with Crippen LogP contribution >= 0.6 is 15.9 Å². The maximum Gasteiger partial charge on any atom is 0.222 e. The molecular weight excluding hydrogens is 332 g/mol. The van der Waals surface area contributed by atoms with E-state index in [2.05, 4.69) is 25.9 Å². The fourth-order valence-electron chi connectivity index (χ4n) is 2.45. The van der Waals surface area contributed by atoms with Gasteiger partial charge in [0, 0.05) is 11.6 Å². The summed E-state index contributed by atoms with van der Waals surface area (Å²) in [6.07, 6.45) is 1.60. The van der Waals surface area contributed by atoms with Crippen LogP contribution < -0.4 is 5.43 Å². The number of hydrogen-bond donors (Lipinski definition) is 0. The molecule has 0 amide bonds. The van der Waals surface area contributed by atoms with Crippen LogP contribution in [0.3, 0.4) is 0 Å². The molecule has 2 aromatic rings. The van der Waals surface area contributed by atoms with Gasteiger partial charge in [0.25, 0.3) is 0 Å². The molecule has 21 heavy (non-hydrogen) atoms. The first-order valence-electron chi connectivity index (χ1n) is 6.42. The molecule has 0 radical (unpaired) electrons. The minimum atomic E-state index is -0.185. The third-order valence-electron chi connectivity index (χ3n) is 3.45. The Morgan fingerprint density at radius 1 is 1.24 bits per heavy atom. The average Bonchev–Trinajstić information content (AvgIpc) is 2.51. The molecule has 0 fully saturated rings. The lowest BCUT2D eigenvalue weighted by atomic mass is 10.1. The minimum Gasteiger partial charge on any atom is -0.451 e. The largest absolute Gasteiger partial charge is 0.451 e. The molecule has 0 bridgehead atoms. The van der Waals surface area contributed by atoms with Crippen LogP contribution in [-0.2, 0) is 0 Å². The van der Waals surface area contributed by atoms with Crippen LogP contribution in [0.1, 0.15) is 5.56 Å². The number of benzene rings is 2. The molecule has 0 N–H and O–H groups in total. The van der Waals surface area contributed by atoms with E-state index in [-0.39, 0.29) is 5.43 Å². The van der Waals surface area contributed by atoms with Crippen molar-refractivity contribution < 1.29 is 4.42 Å². The second kappa shape index (κ2) is 4.36. The molecule has 102 valence electrons. The van der Waals surface area contributed by atoms with Crippen molar-refractivity contribution in [2.24, 2.45) is 0 Å². The van der Waals surface area contributed by atoms with Gasteiger partial charge in [-0.25, -0.2) is 4.98 Å². The summed E-state index contributed by atoms with van der Waals surface area (Å²) < 4.78 is 6.24. The lowest BCUT2D eigenvalue weighted by Crippen LogP contribution is -2.08. The molecule has 0 spiro atoms. The van der Waals surface area contributed by atoms with Crippen LogP contribution in [0.2, 0.25) is 0 Å². The van der Waals surface area contributed by atoms with Crippen LogP contribution in [0.25, 0.3) is 33.5 Å². The topological polar surface area (TPSA) is 56.0 Å². The first kappa shape index (κ1) is 12.5. The molecule has 4 nitrogen and oxygen atoms in total. The molecule has 1 aromatic heterocycles. The second-order valence-electron chi connectivity index (χ2n) is 4.91. The minimum absolute atomic E-state index is 0.185. The number of aryl methyl sites for hydroxylation is 1. The summed E-state index contributed by atoms with van der Waals surface area (Å²) in [5, 5.41) is 0.702. The van der Waals surface area contributed by atoms with Crippen molar-refractivity contribution in [1.82, 2.24) is 9.97 Å². The number of hydrogen-bond acceptors (Lipinski definition) is 4. The highest BCUT2D eigenvalue weighted by atomic mass is 79.9. The molecule has 1 aromatic carbocycles. The number of fused-ring (bicyclic) bond motifs is 4. The predicted octanol–water partition coefficient (Wildman–Crippen LogP) is 3.91. The Hall–Kier alpha value is -2.27. The monoisotopic (exact) mass is 340 g/mol. The van der Waals surface area contributed by atoms with E-state index in [0.717, 1.165) is 11.1 Å². The Kier molecular flexibility index (Phi) is 2.59. The van der Waals surface area contributed by atoms with E-state index in [9.17, 15) is 4.79 Å². The molecule has 5 heteroatoms. The molecule has 0 saturated heterocycles. The van der Waals surface area contributed by atoms with E-state index >= 15 is 0 Å². The molecule has 2 aliphatic rings. The SMILES string of the molecule is Cc1ccc2oc3c(Br)c(=O)c4ncccc4c-3nc2c1. The van der Waals surface area contributed by atoms with E-state index < -0.39 is 0 Å². The molecular formula is C16H9BrN2O2. The number of aromatic nitrogens is 2. The Bertz CT molecular complexity index is 1040. The lowest BCUT2D eigenvalue weighted by molar-refractivity contribution is 0.610. The highest BCUT2D eigenvalue weighted by Gasteiger charge is 2.21. The van der Waals surface area contributed by atoms with Gasteiger partial charge < -0.3 is 4.42 Å².